The lowest BCUT2D eigenvalue weighted by Crippen LogP contribution is -2.41. The van der Waals surface area contributed by atoms with Gasteiger partial charge in [0, 0.05) is 26.1 Å². The molecule has 0 aliphatic rings. The lowest BCUT2D eigenvalue weighted by atomic mass is 10.1. The Morgan fingerprint density at radius 1 is 1.22 bits per heavy atom. The largest absolute Gasteiger partial charge is 0.444 e. The molecule has 0 spiro atoms. The number of nitrogens with zero attached hydrogens (tertiary/aromatic N) is 1. The fraction of sp³-hybridized carbons (Fsp3) is 0.556. The quantitative estimate of drug-likeness (QED) is 0.874. The molecule has 0 saturated heterocycles. The molecule has 0 radical (unpaired) electrons. The molecule has 1 aromatic carbocycles. The Kier molecular flexibility index (Phi) is 7.07. The maximum atomic E-state index is 12.3. The van der Waals surface area contributed by atoms with Crippen molar-refractivity contribution in [2.75, 3.05) is 7.05 Å². The molecule has 5 heteroatoms. The summed E-state index contributed by atoms with van der Waals surface area (Å²) >= 11 is 0. The van der Waals surface area contributed by atoms with E-state index in [1.165, 1.54) is 0 Å². The van der Waals surface area contributed by atoms with Gasteiger partial charge in [-0.15, -0.1) is 0 Å². The second-order valence-electron chi connectivity index (χ2n) is 6.69. The number of benzene rings is 1. The smallest absolute Gasteiger partial charge is 0.407 e. The Morgan fingerprint density at radius 2 is 1.83 bits per heavy atom. The maximum Gasteiger partial charge on any atom is 0.407 e. The van der Waals surface area contributed by atoms with E-state index in [2.05, 4.69) is 5.32 Å². The molecule has 1 N–H and O–H groups in total. The molecule has 0 aliphatic carbocycles. The zero-order valence-corrected chi connectivity index (χ0v) is 14.8. The van der Waals surface area contributed by atoms with E-state index in [9.17, 15) is 9.59 Å². The van der Waals surface area contributed by atoms with Gasteiger partial charge in [-0.1, -0.05) is 37.3 Å². The molecule has 2 amide bonds. The second-order valence-corrected chi connectivity index (χ2v) is 6.69. The lowest BCUT2D eigenvalue weighted by molar-refractivity contribution is -0.130. The first-order valence-electron chi connectivity index (χ1n) is 7.98. The van der Waals surface area contributed by atoms with E-state index in [-0.39, 0.29) is 18.4 Å². The van der Waals surface area contributed by atoms with Crippen molar-refractivity contribution in [2.24, 2.45) is 0 Å². The Morgan fingerprint density at radius 3 is 2.35 bits per heavy atom. The topological polar surface area (TPSA) is 58.6 Å². The number of ether oxygens (including phenoxy) is 1. The zero-order chi connectivity index (χ0) is 17.5. The van der Waals surface area contributed by atoms with Crippen LogP contribution in [0.25, 0.3) is 0 Å². The van der Waals surface area contributed by atoms with Crippen LogP contribution in [0, 0.1) is 0 Å². The van der Waals surface area contributed by atoms with Crippen LogP contribution in [-0.2, 0) is 16.1 Å². The summed E-state index contributed by atoms with van der Waals surface area (Å²) < 4.78 is 5.23. The first-order chi connectivity index (χ1) is 10.7. The van der Waals surface area contributed by atoms with Crippen LogP contribution >= 0.6 is 0 Å². The molecule has 1 rings (SSSR count). The lowest BCUT2D eigenvalue weighted by Gasteiger charge is -2.24. The Bertz CT molecular complexity index is 509. The Hall–Kier alpha value is -2.04. The predicted molar refractivity (Wildman–Crippen MR) is 91.0 cm³/mol. The summed E-state index contributed by atoms with van der Waals surface area (Å²) in [6.45, 7) is 7.93. The van der Waals surface area contributed by atoms with Crippen molar-refractivity contribution in [3.63, 3.8) is 0 Å². The van der Waals surface area contributed by atoms with Crippen LogP contribution in [-0.4, -0.2) is 35.6 Å². The first kappa shape index (κ1) is 19.0. The highest BCUT2D eigenvalue weighted by atomic mass is 16.6. The van der Waals surface area contributed by atoms with Crippen LogP contribution in [0.4, 0.5) is 4.79 Å². The molecule has 0 aromatic heterocycles. The van der Waals surface area contributed by atoms with Gasteiger partial charge in [0.2, 0.25) is 5.91 Å². The van der Waals surface area contributed by atoms with Gasteiger partial charge >= 0.3 is 6.09 Å². The van der Waals surface area contributed by atoms with Gasteiger partial charge in [-0.05, 0) is 32.8 Å². The minimum atomic E-state index is -0.545. The van der Waals surface area contributed by atoms with Gasteiger partial charge < -0.3 is 15.0 Å². The van der Waals surface area contributed by atoms with Gasteiger partial charge in [0.25, 0.3) is 0 Å². The minimum Gasteiger partial charge on any atom is -0.444 e. The van der Waals surface area contributed by atoms with Crippen LogP contribution < -0.4 is 5.32 Å². The standard InChI is InChI=1S/C18H28N2O3/c1-6-15(19-17(22)23-18(2,3)4)12-16(21)20(5)13-14-10-8-7-9-11-14/h7-11,15H,6,12-13H2,1-5H3,(H,19,22). The fourth-order valence-electron chi connectivity index (χ4n) is 2.08. The van der Waals surface area contributed by atoms with Crippen LogP contribution in [0.2, 0.25) is 0 Å². The SMILES string of the molecule is CCC(CC(=O)N(C)Cc1ccccc1)NC(=O)OC(C)(C)C. The van der Waals surface area contributed by atoms with Crippen molar-refractivity contribution in [1.29, 1.82) is 0 Å². The summed E-state index contributed by atoms with van der Waals surface area (Å²) in [5, 5.41) is 2.76. The molecule has 128 valence electrons. The van der Waals surface area contributed by atoms with E-state index in [0.717, 1.165) is 5.56 Å². The summed E-state index contributed by atoms with van der Waals surface area (Å²) in [7, 11) is 1.77. The maximum absolute atomic E-state index is 12.3. The number of hydrogen-bond donors (Lipinski definition) is 1. The van der Waals surface area contributed by atoms with E-state index < -0.39 is 11.7 Å². The zero-order valence-electron chi connectivity index (χ0n) is 14.8. The number of amides is 2. The Balaban J connectivity index is 2.50. The van der Waals surface area contributed by atoms with E-state index in [1.54, 1.807) is 11.9 Å². The van der Waals surface area contributed by atoms with Gasteiger partial charge in [-0.25, -0.2) is 4.79 Å². The fourth-order valence-corrected chi connectivity index (χ4v) is 2.08. The van der Waals surface area contributed by atoms with Gasteiger partial charge in [-0.3, -0.25) is 4.79 Å². The Labute approximate surface area is 139 Å². The number of carbonyl (C=O) groups excluding carboxylic acids is 2. The highest BCUT2D eigenvalue weighted by Gasteiger charge is 2.21. The van der Waals surface area contributed by atoms with Crippen LogP contribution in [0.15, 0.2) is 30.3 Å². The van der Waals surface area contributed by atoms with Gasteiger partial charge in [0.15, 0.2) is 0 Å². The molecule has 0 heterocycles. The molecular weight excluding hydrogens is 292 g/mol. The van der Waals surface area contributed by atoms with Crippen molar-refractivity contribution < 1.29 is 14.3 Å². The summed E-state index contributed by atoms with van der Waals surface area (Å²) in [5.74, 6) is -0.00300. The average Bonchev–Trinajstić information content (AvgIpc) is 2.45. The summed E-state index contributed by atoms with van der Waals surface area (Å²) in [4.78, 5) is 25.8. The van der Waals surface area contributed by atoms with Crippen LogP contribution in [0.1, 0.15) is 46.1 Å². The molecule has 23 heavy (non-hydrogen) atoms. The number of nitrogens with one attached hydrogen (secondary N) is 1. The summed E-state index contributed by atoms with van der Waals surface area (Å²) in [6, 6.07) is 9.60. The van der Waals surface area contributed by atoms with E-state index >= 15 is 0 Å². The summed E-state index contributed by atoms with van der Waals surface area (Å²) in [6.07, 6.45) is 0.450. The third-order valence-electron chi connectivity index (χ3n) is 3.32. The molecule has 0 aliphatic heterocycles. The normalized spacial score (nSPS) is 12.4. The van der Waals surface area contributed by atoms with E-state index in [0.29, 0.717) is 13.0 Å². The molecule has 1 aromatic rings. The summed E-state index contributed by atoms with van der Waals surface area (Å²) in [5.41, 5.74) is 0.535. The van der Waals surface area contributed by atoms with Gasteiger partial charge in [-0.2, -0.15) is 0 Å². The highest BCUT2D eigenvalue weighted by molar-refractivity contribution is 5.77. The van der Waals surface area contributed by atoms with Crippen LogP contribution in [0.3, 0.4) is 0 Å². The van der Waals surface area contributed by atoms with Crippen molar-refractivity contribution >= 4 is 12.0 Å². The molecule has 0 fully saturated rings. The average molecular weight is 320 g/mol. The van der Waals surface area contributed by atoms with Crippen molar-refractivity contribution in [3.8, 4) is 0 Å². The second kappa shape index (κ2) is 8.56. The van der Waals surface area contributed by atoms with Crippen molar-refractivity contribution in [1.82, 2.24) is 10.2 Å². The molecule has 0 saturated carbocycles. The number of hydrogen-bond acceptors (Lipinski definition) is 3. The predicted octanol–water partition coefficient (Wildman–Crippen LogP) is 3.34. The van der Waals surface area contributed by atoms with Crippen molar-refractivity contribution in [2.45, 2.75) is 58.7 Å². The number of rotatable bonds is 6. The third-order valence-corrected chi connectivity index (χ3v) is 3.32. The molecule has 5 nitrogen and oxygen atoms in total. The molecular formula is C18H28N2O3. The van der Waals surface area contributed by atoms with E-state index in [4.69, 9.17) is 4.74 Å². The van der Waals surface area contributed by atoms with Gasteiger partial charge in [0.05, 0.1) is 0 Å². The third kappa shape index (κ3) is 7.68. The van der Waals surface area contributed by atoms with E-state index in [1.807, 2.05) is 58.0 Å². The van der Waals surface area contributed by atoms with Crippen molar-refractivity contribution in [3.05, 3.63) is 35.9 Å². The monoisotopic (exact) mass is 320 g/mol. The minimum absolute atomic E-state index is 0.00300. The van der Waals surface area contributed by atoms with Crippen LogP contribution in [0.5, 0.6) is 0 Å². The number of carbonyl (C=O) groups is 2. The number of alkyl carbamates (subject to hydrolysis) is 1. The first-order valence-corrected chi connectivity index (χ1v) is 7.98. The highest BCUT2D eigenvalue weighted by Crippen LogP contribution is 2.10. The molecule has 0 bridgehead atoms. The molecule has 1 unspecified atom stereocenters. The molecule has 1 atom stereocenters. The van der Waals surface area contributed by atoms with Gasteiger partial charge in [0.1, 0.15) is 5.60 Å².